The number of carbonyl (C=O) groups is 1. The van der Waals surface area contributed by atoms with Gasteiger partial charge in [0.05, 0.1) is 0 Å². The van der Waals surface area contributed by atoms with Crippen molar-refractivity contribution in [3.63, 3.8) is 0 Å². The molecule has 0 saturated heterocycles. The molecule has 0 rings (SSSR count). The van der Waals surface area contributed by atoms with Gasteiger partial charge in [0.25, 0.3) is 0 Å². The second-order valence-electron chi connectivity index (χ2n) is 4.14. The third-order valence-corrected chi connectivity index (χ3v) is 2.52. The Hall–Kier alpha value is -1.04. The van der Waals surface area contributed by atoms with E-state index in [0.717, 1.165) is 12.8 Å². The van der Waals surface area contributed by atoms with Gasteiger partial charge in [-0.05, 0) is 12.8 Å². The van der Waals surface area contributed by atoms with Crippen LogP contribution in [0.3, 0.4) is 0 Å². The van der Waals surface area contributed by atoms with Crippen LogP contribution in [0.5, 0.6) is 0 Å². The Kier molecular flexibility index (Phi) is 9.80. The van der Waals surface area contributed by atoms with E-state index >= 15 is 0 Å². The van der Waals surface area contributed by atoms with Gasteiger partial charge in [0.1, 0.15) is 6.07 Å². The largest absolute Gasteiger partial charge is 0.447 e. The highest BCUT2D eigenvalue weighted by molar-refractivity contribution is 5.66. The smallest absolute Gasteiger partial charge is 0.303 e. The summed E-state index contributed by atoms with van der Waals surface area (Å²) in [5.41, 5.74) is 0. The van der Waals surface area contributed by atoms with E-state index in [9.17, 15) is 4.79 Å². The highest BCUT2D eigenvalue weighted by atomic mass is 16.5. The lowest BCUT2D eigenvalue weighted by atomic mass is 10.1. The molecule has 3 nitrogen and oxygen atoms in total. The minimum atomic E-state index is -0.548. The summed E-state index contributed by atoms with van der Waals surface area (Å²) in [5.74, 6) is -0.366. The molecule has 0 radical (unpaired) electrons. The molecule has 0 fully saturated rings. The molecule has 0 bridgehead atoms. The standard InChI is InChI=1S/C13H23NO2/c1-3-4-5-6-7-8-9-10-13(11-14)16-12(2)15/h13H,3-10H2,1-2H3. The van der Waals surface area contributed by atoms with E-state index in [2.05, 4.69) is 6.92 Å². The maximum absolute atomic E-state index is 10.6. The van der Waals surface area contributed by atoms with Crippen molar-refractivity contribution in [1.82, 2.24) is 0 Å². The first kappa shape index (κ1) is 15.0. The van der Waals surface area contributed by atoms with Crippen LogP contribution in [0.15, 0.2) is 0 Å². The van der Waals surface area contributed by atoms with Crippen molar-refractivity contribution in [2.75, 3.05) is 0 Å². The van der Waals surface area contributed by atoms with Crippen molar-refractivity contribution in [2.45, 2.75) is 71.3 Å². The third-order valence-electron chi connectivity index (χ3n) is 2.52. The summed E-state index contributed by atoms with van der Waals surface area (Å²) in [6.45, 7) is 3.55. The maximum atomic E-state index is 10.6. The van der Waals surface area contributed by atoms with Crippen molar-refractivity contribution in [2.24, 2.45) is 0 Å². The maximum Gasteiger partial charge on any atom is 0.303 e. The molecule has 0 N–H and O–H groups in total. The van der Waals surface area contributed by atoms with Gasteiger partial charge in [0.2, 0.25) is 0 Å². The fraction of sp³-hybridized carbons (Fsp3) is 0.846. The zero-order valence-electron chi connectivity index (χ0n) is 10.5. The van der Waals surface area contributed by atoms with Gasteiger partial charge in [-0.3, -0.25) is 4.79 Å². The number of ether oxygens (including phenoxy) is 1. The SMILES string of the molecule is CCCCCCCCCC(C#N)OC(C)=O. The number of nitriles is 1. The topological polar surface area (TPSA) is 50.1 Å². The molecule has 0 spiro atoms. The number of carbonyl (C=O) groups excluding carboxylic acids is 1. The van der Waals surface area contributed by atoms with E-state index in [-0.39, 0.29) is 5.97 Å². The molecule has 0 aromatic rings. The normalized spacial score (nSPS) is 11.8. The zero-order chi connectivity index (χ0) is 12.2. The lowest BCUT2D eigenvalue weighted by Crippen LogP contribution is -2.13. The van der Waals surface area contributed by atoms with E-state index in [0.29, 0.717) is 6.42 Å². The molecule has 0 amide bonds. The lowest BCUT2D eigenvalue weighted by molar-refractivity contribution is -0.144. The lowest BCUT2D eigenvalue weighted by Gasteiger charge is -2.08. The average Bonchev–Trinajstić information content (AvgIpc) is 2.25. The van der Waals surface area contributed by atoms with Gasteiger partial charge in [0, 0.05) is 6.92 Å². The third kappa shape index (κ3) is 9.51. The fourth-order valence-electron chi connectivity index (χ4n) is 1.64. The predicted octanol–water partition coefficient (Wildman–Crippen LogP) is 3.58. The molecule has 0 aliphatic rings. The van der Waals surface area contributed by atoms with Gasteiger partial charge >= 0.3 is 5.97 Å². The van der Waals surface area contributed by atoms with Crippen LogP contribution in [0.1, 0.15) is 65.2 Å². The number of rotatable bonds is 9. The summed E-state index contributed by atoms with van der Waals surface area (Å²) < 4.78 is 4.84. The minimum absolute atomic E-state index is 0.366. The van der Waals surface area contributed by atoms with Gasteiger partial charge in [0.15, 0.2) is 6.10 Å². The van der Waals surface area contributed by atoms with Gasteiger partial charge in [-0.15, -0.1) is 0 Å². The van der Waals surface area contributed by atoms with Crippen LogP contribution in [0, 0.1) is 11.3 Å². The predicted molar refractivity (Wildman–Crippen MR) is 63.8 cm³/mol. The van der Waals surface area contributed by atoms with E-state index < -0.39 is 6.10 Å². The molecule has 1 atom stereocenters. The molecule has 16 heavy (non-hydrogen) atoms. The second kappa shape index (κ2) is 10.5. The second-order valence-corrected chi connectivity index (χ2v) is 4.14. The van der Waals surface area contributed by atoms with E-state index in [1.165, 1.54) is 39.0 Å². The Morgan fingerprint density at radius 3 is 2.25 bits per heavy atom. The number of hydrogen-bond donors (Lipinski definition) is 0. The van der Waals surface area contributed by atoms with Crippen molar-refractivity contribution >= 4 is 5.97 Å². The first-order chi connectivity index (χ1) is 7.70. The molecule has 92 valence electrons. The van der Waals surface area contributed by atoms with Crippen LogP contribution in [-0.4, -0.2) is 12.1 Å². The van der Waals surface area contributed by atoms with E-state index in [1.54, 1.807) is 0 Å². The number of nitrogens with zero attached hydrogens (tertiary/aromatic N) is 1. The first-order valence-corrected chi connectivity index (χ1v) is 6.27. The molecule has 3 heteroatoms. The highest BCUT2D eigenvalue weighted by Crippen LogP contribution is 2.10. The van der Waals surface area contributed by atoms with Crippen molar-refractivity contribution in [3.05, 3.63) is 0 Å². The minimum Gasteiger partial charge on any atom is -0.447 e. The number of esters is 1. The fourth-order valence-corrected chi connectivity index (χ4v) is 1.64. The van der Waals surface area contributed by atoms with Crippen LogP contribution in [0.4, 0.5) is 0 Å². The zero-order valence-corrected chi connectivity index (χ0v) is 10.5. The molecule has 1 unspecified atom stereocenters. The Morgan fingerprint density at radius 1 is 1.19 bits per heavy atom. The van der Waals surface area contributed by atoms with Crippen molar-refractivity contribution in [3.8, 4) is 6.07 Å². The molecule has 0 saturated carbocycles. The summed E-state index contributed by atoms with van der Waals surface area (Å²) in [4.78, 5) is 10.6. The Morgan fingerprint density at radius 2 is 1.75 bits per heavy atom. The summed E-state index contributed by atoms with van der Waals surface area (Å²) >= 11 is 0. The molecular weight excluding hydrogens is 202 g/mol. The summed E-state index contributed by atoms with van der Waals surface area (Å²) in [5, 5.41) is 8.72. The average molecular weight is 225 g/mol. The summed E-state index contributed by atoms with van der Waals surface area (Å²) in [7, 11) is 0. The molecular formula is C13H23NO2. The van der Waals surface area contributed by atoms with E-state index in [1.807, 2.05) is 6.07 Å². The Balaban J connectivity index is 3.35. The quantitative estimate of drug-likeness (QED) is 0.445. The van der Waals surface area contributed by atoms with Crippen molar-refractivity contribution < 1.29 is 9.53 Å². The van der Waals surface area contributed by atoms with Crippen LogP contribution in [0.25, 0.3) is 0 Å². The summed E-state index contributed by atoms with van der Waals surface area (Å²) in [6.07, 6.45) is 8.61. The Bertz CT molecular complexity index is 220. The first-order valence-electron chi connectivity index (χ1n) is 6.27. The molecule has 0 aromatic carbocycles. The number of hydrogen-bond acceptors (Lipinski definition) is 3. The molecule has 0 heterocycles. The van der Waals surface area contributed by atoms with Gasteiger partial charge in [-0.1, -0.05) is 45.4 Å². The molecule has 0 aliphatic heterocycles. The van der Waals surface area contributed by atoms with Gasteiger partial charge < -0.3 is 4.74 Å². The van der Waals surface area contributed by atoms with Crippen molar-refractivity contribution in [1.29, 1.82) is 5.26 Å². The molecule has 0 aliphatic carbocycles. The van der Waals surface area contributed by atoms with Gasteiger partial charge in [-0.2, -0.15) is 5.26 Å². The van der Waals surface area contributed by atoms with Gasteiger partial charge in [-0.25, -0.2) is 0 Å². The van der Waals surface area contributed by atoms with Crippen LogP contribution in [0.2, 0.25) is 0 Å². The number of unbranched alkanes of at least 4 members (excludes halogenated alkanes) is 6. The summed E-state index contributed by atoms with van der Waals surface area (Å²) in [6, 6.07) is 2.00. The highest BCUT2D eigenvalue weighted by Gasteiger charge is 2.09. The van der Waals surface area contributed by atoms with E-state index in [4.69, 9.17) is 10.00 Å². The van der Waals surface area contributed by atoms with Crippen LogP contribution >= 0.6 is 0 Å². The molecule has 0 aromatic heterocycles. The monoisotopic (exact) mass is 225 g/mol. The Labute approximate surface area is 98.8 Å². The van der Waals surface area contributed by atoms with Crippen LogP contribution < -0.4 is 0 Å². The van der Waals surface area contributed by atoms with Crippen LogP contribution in [-0.2, 0) is 9.53 Å².